The number of non-ortho nitro benzene ring substituents is 1. The summed E-state index contributed by atoms with van der Waals surface area (Å²) in [5.41, 5.74) is 4.81. The topological polar surface area (TPSA) is 185 Å². The van der Waals surface area contributed by atoms with E-state index in [4.69, 9.17) is 15.6 Å². The van der Waals surface area contributed by atoms with Crippen molar-refractivity contribution in [2.75, 3.05) is 12.3 Å². The highest BCUT2D eigenvalue weighted by Gasteiger charge is 2.30. The van der Waals surface area contributed by atoms with Crippen LogP contribution in [0.5, 0.6) is 11.5 Å². The number of unbranched alkanes of at least 4 members (excludes halogenated alkanes) is 1. The van der Waals surface area contributed by atoms with E-state index in [1.165, 1.54) is 5.56 Å². The van der Waals surface area contributed by atoms with Gasteiger partial charge in [-0.2, -0.15) is 0 Å². The average Bonchev–Trinajstić information content (AvgIpc) is 2.81. The van der Waals surface area contributed by atoms with Crippen molar-refractivity contribution >= 4 is 22.7 Å². The van der Waals surface area contributed by atoms with E-state index in [0.29, 0.717) is 12.1 Å². The molecule has 0 aliphatic heterocycles. The van der Waals surface area contributed by atoms with Gasteiger partial charge in [0.05, 0.1) is 33.5 Å². The maximum absolute atomic E-state index is 10.4. The molecular weight excluding hydrogens is 448 g/mol. The van der Waals surface area contributed by atoms with Crippen LogP contribution in [0, 0.1) is 30.3 Å². The molecule has 3 aromatic rings. The van der Waals surface area contributed by atoms with Crippen LogP contribution in [0.15, 0.2) is 66.7 Å². The van der Waals surface area contributed by atoms with Crippen molar-refractivity contribution < 1.29 is 24.6 Å². The van der Waals surface area contributed by atoms with Crippen LogP contribution >= 0.6 is 0 Å². The summed E-state index contributed by atoms with van der Waals surface area (Å²) in [6.07, 6.45) is 3.29. The minimum atomic E-state index is -1.21. The molecule has 178 valence electrons. The smallest absolute Gasteiger partial charge is 0.324 e. The molecule has 3 N–H and O–H groups in total. The molecule has 0 aliphatic carbocycles. The number of phenols is 1. The van der Waals surface area contributed by atoms with Crippen molar-refractivity contribution in [1.29, 1.82) is 0 Å². The van der Waals surface area contributed by atoms with Gasteiger partial charge in [-0.25, -0.2) is 0 Å². The lowest BCUT2D eigenvalue weighted by Crippen LogP contribution is -1.98. The standard InChI is InChI=1S/C16H19NO.C6H3N3O7/c17-15-11-9-14(10-12-15)6-4-5-13-18-16-7-2-1-3-8-16;10-6-4(8(13)14)1-3(7(11)12)2-5(6)9(15)16/h1-3,7-12H,4-6,13,17H2;1-2,10H. The molecule has 3 aromatic carbocycles. The Kier molecular flexibility index (Phi) is 9.26. The fourth-order valence-corrected chi connectivity index (χ4v) is 2.80. The number of ether oxygens (including phenoxy) is 1. The molecule has 0 fully saturated rings. The summed E-state index contributed by atoms with van der Waals surface area (Å²) in [6.45, 7) is 0.777. The number of aromatic hydroxyl groups is 1. The first-order chi connectivity index (χ1) is 16.2. The van der Waals surface area contributed by atoms with Crippen molar-refractivity contribution in [3.05, 3.63) is 103 Å². The number of phenolic OH excluding ortho intramolecular Hbond substituents is 1. The number of anilines is 1. The molecule has 12 heteroatoms. The fourth-order valence-electron chi connectivity index (χ4n) is 2.80. The summed E-state index contributed by atoms with van der Waals surface area (Å²) in [5, 5.41) is 40.2. The Bertz CT molecular complexity index is 1100. The van der Waals surface area contributed by atoms with Gasteiger partial charge in [-0.05, 0) is 49.1 Å². The lowest BCUT2D eigenvalue weighted by atomic mass is 10.1. The summed E-state index contributed by atoms with van der Waals surface area (Å²) < 4.78 is 5.64. The van der Waals surface area contributed by atoms with Crippen LogP contribution in [0.3, 0.4) is 0 Å². The maximum Gasteiger partial charge on any atom is 0.324 e. The first kappa shape index (κ1) is 25.5. The van der Waals surface area contributed by atoms with E-state index in [1.54, 1.807) is 0 Å². The Hall–Kier alpha value is -4.74. The molecular formula is C22H22N4O8. The molecule has 0 radical (unpaired) electrons. The molecule has 3 rings (SSSR count). The van der Waals surface area contributed by atoms with Gasteiger partial charge in [0.2, 0.25) is 0 Å². The van der Waals surface area contributed by atoms with Crippen molar-refractivity contribution in [3.63, 3.8) is 0 Å². The third kappa shape index (κ3) is 7.75. The molecule has 0 unspecified atom stereocenters. The van der Waals surface area contributed by atoms with Crippen molar-refractivity contribution in [1.82, 2.24) is 0 Å². The number of benzene rings is 3. The minimum absolute atomic E-state index is 0.447. The number of nitrogens with zero attached hydrogens (tertiary/aromatic N) is 3. The quantitative estimate of drug-likeness (QED) is 0.192. The highest BCUT2D eigenvalue weighted by Crippen LogP contribution is 2.38. The minimum Gasteiger partial charge on any atom is -0.497 e. The second-order valence-electron chi connectivity index (χ2n) is 6.96. The number of nitro benzene ring substituents is 3. The second-order valence-corrected chi connectivity index (χ2v) is 6.96. The lowest BCUT2D eigenvalue weighted by molar-refractivity contribution is -0.404. The molecule has 0 bridgehead atoms. The van der Waals surface area contributed by atoms with Gasteiger partial charge in [0.25, 0.3) is 11.4 Å². The lowest BCUT2D eigenvalue weighted by Gasteiger charge is -2.06. The van der Waals surface area contributed by atoms with Crippen molar-refractivity contribution in [2.24, 2.45) is 0 Å². The van der Waals surface area contributed by atoms with E-state index in [-0.39, 0.29) is 0 Å². The van der Waals surface area contributed by atoms with Crippen LogP contribution in [0.4, 0.5) is 22.7 Å². The number of nitrogens with two attached hydrogens (primary N) is 1. The van der Waals surface area contributed by atoms with Gasteiger partial charge in [-0.1, -0.05) is 30.3 Å². The van der Waals surface area contributed by atoms with Crippen LogP contribution in [0.2, 0.25) is 0 Å². The zero-order valence-electron chi connectivity index (χ0n) is 17.9. The normalized spacial score (nSPS) is 10.0. The number of para-hydroxylation sites is 1. The van der Waals surface area contributed by atoms with Crippen LogP contribution < -0.4 is 10.5 Å². The molecule has 0 aromatic heterocycles. The molecule has 0 saturated heterocycles. The van der Waals surface area contributed by atoms with Gasteiger partial charge in [-0.3, -0.25) is 30.3 Å². The Morgan fingerprint density at radius 2 is 1.35 bits per heavy atom. The molecule has 34 heavy (non-hydrogen) atoms. The van der Waals surface area contributed by atoms with E-state index in [2.05, 4.69) is 12.1 Å². The van der Waals surface area contributed by atoms with Crippen molar-refractivity contribution in [2.45, 2.75) is 19.3 Å². The fraction of sp³-hybridized carbons (Fsp3) is 0.182. The average molecular weight is 470 g/mol. The van der Waals surface area contributed by atoms with Crippen LogP contribution in [0.25, 0.3) is 0 Å². The predicted molar refractivity (Wildman–Crippen MR) is 124 cm³/mol. The largest absolute Gasteiger partial charge is 0.497 e. The number of nitro groups is 3. The SMILES string of the molecule is Nc1ccc(CCCCOc2ccccc2)cc1.O=[N+]([O-])c1cc([N+](=O)[O-])c(O)c([N+](=O)[O-])c1. The molecule has 0 spiro atoms. The monoisotopic (exact) mass is 470 g/mol. The van der Waals surface area contributed by atoms with E-state index in [1.807, 2.05) is 42.5 Å². The molecule has 0 heterocycles. The third-order valence-electron chi connectivity index (χ3n) is 4.51. The first-order valence-electron chi connectivity index (χ1n) is 10.0. The highest BCUT2D eigenvalue weighted by molar-refractivity contribution is 5.64. The van der Waals surface area contributed by atoms with E-state index in [0.717, 1.165) is 37.3 Å². The predicted octanol–water partition coefficient (Wildman–Crippen LogP) is 4.79. The van der Waals surface area contributed by atoms with Gasteiger partial charge in [0.15, 0.2) is 0 Å². The van der Waals surface area contributed by atoms with Gasteiger partial charge >= 0.3 is 11.4 Å². The van der Waals surface area contributed by atoms with Gasteiger partial charge in [0.1, 0.15) is 5.75 Å². The number of nitrogen functional groups attached to an aromatic ring is 1. The van der Waals surface area contributed by atoms with Crippen LogP contribution in [0.1, 0.15) is 18.4 Å². The Labute approximate surface area is 193 Å². The zero-order valence-corrected chi connectivity index (χ0v) is 17.9. The van der Waals surface area contributed by atoms with Crippen LogP contribution in [-0.2, 0) is 6.42 Å². The number of rotatable bonds is 9. The van der Waals surface area contributed by atoms with E-state index in [9.17, 15) is 30.3 Å². The first-order valence-corrected chi connectivity index (χ1v) is 10.0. The zero-order chi connectivity index (χ0) is 25.1. The van der Waals surface area contributed by atoms with E-state index < -0.39 is 37.6 Å². The summed E-state index contributed by atoms with van der Waals surface area (Å²) in [5.74, 6) is -0.259. The Morgan fingerprint density at radius 3 is 1.85 bits per heavy atom. The van der Waals surface area contributed by atoms with E-state index >= 15 is 0 Å². The van der Waals surface area contributed by atoms with Gasteiger partial charge in [0, 0.05) is 5.69 Å². The summed E-state index contributed by atoms with van der Waals surface area (Å²) in [7, 11) is 0. The summed E-state index contributed by atoms with van der Waals surface area (Å²) in [6, 6.07) is 18.9. The number of hydrogen-bond acceptors (Lipinski definition) is 9. The maximum atomic E-state index is 10.4. The molecule has 0 amide bonds. The molecule has 0 atom stereocenters. The number of aryl methyl sites for hydroxylation is 1. The molecule has 0 saturated carbocycles. The summed E-state index contributed by atoms with van der Waals surface area (Å²) in [4.78, 5) is 27.8. The third-order valence-corrected chi connectivity index (χ3v) is 4.51. The Morgan fingerprint density at radius 1 is 0.794 bits per heavy atom. The second kappa shape index (κ2) is 12.3. The number of hydrogen-bond donors (Lipinski definition) is 2. The van der Waals surface area contributed by atoms with Gasteiger partial charge < -0.3 is 15.6 Å². The molecule has 0 aliphatic rings. The van der Waals surface area contributed by atoms with Gasteiger partial charge in [-0.15, -0.1) is 0 Å². The van der Waals surface area contributed by atoms with Crippen molar-refractivity contribution in [3.8, 4) is 11.5 Å². The van der Waals surface area contributed by atoms with Crippen LogP contribution in [-0.4, -0.2) is 26.5 Å². The summed E-state index contributed by atoms with van der Waals surface area (Å²) >= 11 is 0. The Balaban J connectivity index is 0.000000242. The molecule has 12 nitrogen and oxygen atoms in total. The highest BCUT2D eigenvalue weighted by atomic mass is 16.6.